The molecule has 20 heavy (non-hydrogen) atoms. The highest BCUT2D eigenvalue weighted by molar-refractivity contribution is 5.43. The van der Waals surface area contributed by atoms with E-state index in [4.69, 9.17) is 15.2 Å². The van der Waals surface area contributed by atoms with Crippen molar-refractivity contribution in [1.82, 2.24) is 0 Å². The molecule has 2 atom stereocenters. The molecule has 0 amide bonds. The molecule has 1 fully saturated rings. The van der Waals surface area contributed by atoms with E-state index in [0.717, 1.165) is 44.6 Å². The molecule has 1 aromatic carbocycles. The Labute approximate surface area is 121 Å². The van der Waals surface area contributed by atoms with Crippen molar-refractivity contribution in [3.8, 4) is 5.75 Å². The van der Waals surface area contributed by atoms with Crippen molar-refractivity contribution in [1.29, 1.82) is 0 Å². The van der Waals surface area contributed by atoms with E-state index in [1.165, 1.54) is 30.4 Å². The van der Waals surface area contributed by atoms with E-state index >= 15 is 0 Å². The Morgan fingerprint density at radius 1 is 1.25 bits per heavy atom. The Bertz CT molecular complexity index is 441. The summed E-state index contributed by atoms with van der Waals surface area (Å²) >= 11 is 0. The predicted octanol–water partition coefficient (Wildman–Crippen LogP) is 3.36. The van der Waals surface area contributed by atoms with Crippen LogP contribution in [0.5, 0.6) is 5.75 Å². The largest absolute Gasteiger partial charge is 0.493 e. The zero-order valence-electron chi connectivity index (χ0n) is 12.1. The molecule has 1 aliphatic heterocycles. The SMILES string of the molecule is NC1CCCc2c(OCCCC3CCCO3)cccc21. The van der Waals surface area contributed by atoms with Gasteiger partial charge in [-0.3, -0.25) is 0 Å². The zero-order chi connectivity index (χ0) is 13.8. The number of nitrogens with two attached hydrogens (primary N) is 1. The van der Waals surface area contributed by atoms with Crippen LogP contribution < -0.4 is 10.5 Å². The molecule has 3 rings (SSSR count). The molecule has 0 aromatic heterocycles. The molecule has 110 valence electrons. The molecule has 3 heteroatoms. The average molecular weight is 275 g/mol. The van der Waals surface area contributed by atoms with Crippen LogP contribution in [0.3, 0.4) is 0 Å². The van der Waals surface area contributed by atoms with Crippen molar-refractivity contribution >= 4 is 0 Å². The maximum Gasteiger partial charge on any atom is 0.122 e. The van der Waals surface area contributed by atoms with E-state index < -0.39 is 0 Å². The number of benzene rings is 1. The minimum atomic E-state index is 0.189. The van der Waals surface area contributed by atoms with E-state index in [1.807, 2.05) is 0 Å². The quantitative estimate of drug-likeness (QED) is 0.838. The zero-order valence-corrected chi connectivity index (χ0v) is 12.1. The van der Waals surface area contributed by atoms with Crippen LogP contribution in [-0.2, 0) is 11.2 Å². The van der Waals surface area contributed by atoms with Gasteiger partial charge in [-0.25, -0.2) is 0 Å². The van der Waals surface area contributed by atoms with Crippen LogP contribution in [0.2, 0.25) is 0 Å². The van der Waals surface area contributed by atoms with Crippen LogP contribution in [0.15, 0.2) is 18.2 Å². The molecule has 0 radical (unpaired) electrons. The van der Waals surface area contributed by atoms with Crippen molar-refractivity contribution in [2.24, 2.45) is 5.73 Å². The smallest absolute Gasteiger partial charge is 0.122 e. The predicted molar refractivity (Wildman–Crippen MR) is 80.0 cm³/mol. The first-order chi connectivity index (χ1) is 9.84. The van der Waals surface area contributed by atoms with Gasteiger partial charge in [-0.15, -0.1) is 0 Å². The van der Waals surface area contributed by atoms with Gasteiger partial charge in [0.2, 0.25) is 0 Å². The summed E-state index contributed by atoms with van der Waals surface area (Å²) in [5.41, 5.74) is 8.80. The van der Waals surface area contributed by atoms with Gasteiger partial charge >= 0.3 is 0 Å². The lowest BCUT2D eigenvalue weighted by molar-refractivity contribution is 0.0980. The second kappa shape index (κ2) is 6.59. The summed E-state index contributed by atoms with van der Waals surface area (Å²) in [4.78, 5) is 0. The minimum Gasteiger partial charge on any atom is -0.493 e. The van der Waals surface area contributed by atoms with Gasteiger partial charge in [0.25, 0.3) is 0 Å². The van der Waals surface area contributed by atoms with Gasteiger partial charge in [0.15, 0.2) is 0 Å². The van der Waals surface area contributed by atoms with Crippen LogP contribution in [0.25, 0.3) is 0 Å². The van der Waals surface area contributed by atoms with Crippen molar-refractivity contribution in [2.45, 2.75) is 57.1 Å². The first-order valence-corrected chi connectivity index (χ1v) is 7.96. The Morgan fingerprint density at radius 3 is 3.05 bits per heavy atom. The summed E-state index contributed by atoms with van der Waals surface area (Å²) in [5, 5.41) is 0. The molecule has 1 aromatic rings. The fourth-order valence-corrected chi connectivity index (χ4v) is 3.35. The van der Waals surface area contributed by atoms with E-state index in [-0.39, 0.29) is 6.04 Å². The third-order valence-electron chi connectivity index (χ3n) is 4.46. The first-order valence-electron chi connectivity index (χ1n) is 7.96. The topological polar surface area (TPSA) is 44.5 Å². The molecule has 1 aliphatic carbocycles. The normalized spacial score (nSPS) is 25.4. The fourth-order valence-electron chi connectivity index (χ4n) is 3.35. The summed E-state index contributed by atoms with van der Waals surface area (Å²) in [5.74, 6) is 1.05. The van der Waals surface area contributed by atoms with Gasteiger partial charge in [0, 0.05) is 12.6 Å². The summed E-state index contributed by atoms with van der Waals surface area (Å²) in [6, 6.07) is 6.50. The Morgan fingerprint density at radius 2 is 2.20 bits per heavy atom. The Kier molecular flexibility index (Phi) is 4.58. The van der Waals surface area contributed by atoms with Gasteiger partial charge in [-0.05, 0) is 62.1 Å². The fraction of sp³-hybridized carbons (Fsp3) is 0.647. The van der Waals surface area contributed by atoms with Crippen LogP contribution >= 0.6 is 0 Å². The van der Waals surface area contributed by atoms with Crippen LogP contribution in [0.4, 0.5) is 0 Å². The highest BCUT2D eigenvalue weighted by atomic mass is 16.5. The summed E-state index contributed by atoms with van der Waals surface area (Å²) in [7, 11) is 0. The Balaban J connectivity index is 1.53. The number of rotatable bonds is 5. The molecule has 2 aliphatic rings. The van der Waals surface area contributed by atoms with Crippen molar-refractivity contribution in [2.75, 3.05) is 13.2 Å². The second-order valence-electron chi connectivity index (χ2n) is 5.95. The number of ether oxygens (including phenoxy) is 2. The molecule has 0 spiro atoms. The molecule has 2 unspecified atom stereocenters. The lowest BCUT2D eigenvalue weighted by Crippen LogP contribution is -2.18. The monoisotopic (exact) mass is 275 g/mol. The lowest BCUT2D eigenvalue weighted by atomic mass is 9.87. The highest BCUT2D eigenvalue weighted by Gasteiger charge is 2.20. The number of hydrogen-bond acceptors (Lipinski definition) is 3. The lowest BCUT2D eigenvalue weighted by Gasteiger charge is -2.24. The van der Waals surface area contributed by atoms with Gasteiger partial charge in [-0.1, -0.05) is 12.1 Å². The molecular weight excluding hydrogens is 250 g/mol. The molecular formula is C17H25NO2. The minimum absolute atomic E-state index is 0.189. The van der Waals surface area contributed by atoms with E-state index in [0.29, 0.717) is 6.10 Å². The Hall–Kier alpha value is -1.06. The third kappa shape index (κ3) is 3.15. The summed E-state index contributed by atoms with van der Waals surface area (Å²) < 4.78 is 11.6. The van der Waals surface area contributed by atoms with E-state index in [2.05, 4.69) is 18.2 Å². The molecule has 2 N–H and O–H groups in total. The maximum atomic E-state index is 6.18. The maximum absolute atomic E-state index is 6.18. The number of fused-ring (bicyclic) bond motifs is 1. The van der Waals surface area contributed by atoms with Crippen molar-refractivity contribution < 1.29 is 9.47 Å². The summed E-state index contributed by atoms with van der Waals surface area (Å²) in [6.07, 6.45) is 8.46. The molecule has 1 saturated heterocycles. The van der Waals surface area contributed by atoms with Gasteiger partial charge in [0.1, 0.15) is 5.75 Å². The molecule has 0 saturated carbocycles. The van der Waals surface area contributed by atoms with Crippen LogP contribution in [-0.4, -0.2) is 19.3 Å². The molecule has 0 bridgehead atoms. The number of hydrogen-bond donors (Lipinski definition) is 1. The van der Waals surface area contributed by atoms with Crippen LogP contribution in [0, 0.1) is 0 Å². The standard InChI is InChI=1S/C17H25NO2/c18-16-9-1-8-15-14(16)7-2-10-17(15)20-12-4-6-13-5-3-11-19-13/h2,7,10,13,16H,1,3-6,8-9,11-12,18H2. The van der Waals surface area contributed by atoms with E-state index in [9.17, 15) is 0 Å². The van der Waals surface area contributed by atoms with Crippen molar-refractivity contribution in [3.05, 3.63) is 29.3 Å². The second-order valence-corrected chi connectivity index (χ2v) is 5.95. The molecule has 1 heterocycles. The van der Waals surface area contributed by atoms with Gasteiger partial charge < -0.3 is 15.2 Å². The average Bonchev–Trinajstić information content (AvgIpc) is 2.98. The summed E-state index contributed by atoms with van der Waals surface area (Å²) in [6.45, 7) is 1.72. The van der Waals surface area contributed by atoms with Gasteiger partial charge in [0.05, 0.1) is 12.7 Å². The first kappa shape index (κ1) is 13.9. The molecule has 3 nitrogen and oxygen atoms in total. The van der Waals surface area contributed by atoms with Gasteiger partial charge in [-0.2, -0.15) is 0 Å². The van der Waals surface area contributed by atoms with Crippen LogP contribution in [0.1, 0.15) is 55.7 Å². The third-order valence-corrected chi connectivity index (χ3v) is 4.46. The van der Waals surface area contributed by atoms with Crippen molar-refractivity contribution in [3.63, 3.8) is 0 Å². The highest BCUT2D eigenvalue weighted by Crippen LogP contribution is 2.34. The van der Waals surface area contributed by atoms with E-state index in [1.54, 1.807) is 0 Å².